The van der Waals surface area contributed by atoms with Crippen LogP contribution in [-0.2, 0) is 4.79 Å². The highest BCUT2D eigenvalue weighted by Gasteiger charge is 2.22. The fraction of sp³-hybridized carbons (Fsp3) is 0.385. The summed E-state index contributed by atoms with van der Waals surface area (Å²) < 4.78 is 13.1. The Kier molecular flexibility index (Phi) is 2.74. The number of nitrogens with zero attached hydrogens (tertiary/aromatic N) is 2. The highest BCUT2D eigenvalue weighted by atomic mass is 19.1. The van der Waals surface area contributed by atoms with Gasteiger partial charge in [-0.2, -0.15) is 0 Å². The van der Waals surface area contributed by atoms with E-state index in [0.717, 1.165) is 49.2 Å². The van der Waals surface area contributed by atoms with Gasteiger partial charge in [-0.25, -0.2) is 9.37 Å². The third-order valence-corrected chi connectivity index (χ3v) is 3.53. The largest absolute Gasteiger partial charge is 0.345 e. The van der Waals surface area contributed by atoms with Crippen molar-refractivity contribution in [2.75, 3.05) is 13.1 Å². The number of fused-ring (bicyclic) bond motifs is 1. The van der Waals surface area contributed by atoms with Gasteiger partial charge in [-0.05, 0) is 31.0 Å². The van der Waals surface area contributed by atoms with E-state index < -0.39 is 0 Å². The molecule has 0 aliphatic carbocycles. The van der Waals surface area contributed by atoms with E-state index in [2.05, 4.69) is 9.97 Å². The van der Waals surface area contributed by atoms with Gasteiger partial charge < -0.3 is 9.88 Å². The van der Waals surface area contributed by atoms with E-state index in [4.69, 9.17) is 0 Å². The number of piperidine rings is 1. The van der Waals surface area contributed by atoms with Crippen LogP contribution in [0.1, 0.15) is 24.6 Å². The molecule has 1 N–H and O–H groups in total. The van der Waals surface area contributed by atoms with Crippen molar-refractivity contribution in [3.63, 3.8) is 0 Å². The zero-order valence-electron chi connectivity index (χ0n) is 9.90. The summed E-state index contributed by atoms with van der Waals surface area (Å²) in [5.41, 5.74) is 1.53. The predicted molar refractivity (Wildman–Crippen MR) is 65.7 cm³/mol. The zero-order valence-corrected chi connectivity index (χ0v) is 9.90. The minimum atomic E-state index is -0.256. The van der Waals surface area contributed by atoms with Crippen LogP contribution < -0.4 is 0 Å². The SMILES string of the molecule is O=CN1CCC(c2nc3ccc(F)cc3[nH]2)CC1. The van der Waals surface area contributed by atoms with Gasteiger partial charge in [-0.15, -0.1) is 0 Å². The van der Waals surface area contributed by atoms with E-state index in [1.807, 2.05) is 0 Å². The number of benzene rings is 1. The lowest BCUT2D eigenvalue weighted by molar-refractivity contribution is -0.119. The van der Waals surface area contributed by atoms with Crippen LogP contribution in [0.2, 0.25) is 0 Å². The minimum absolute atomic E-state index is 0.256. The fourth-order valence-electron chi connectivity index (χ4n) is 2.47. The average molecular weight is 247 g/mol. The van der Waals surface area contributed by atoms with E-state index in [1.54, 1.807) is 11.0 Å². The first-order valence-corrected chi connectivity index (χ1v) is 6.11. The smallest absolute Gasteiger partial charge is 0.209 e. The van der Waals surface area contributed by atoms with Crippen LogP contribution in [0.5, 0.6) is 0 Å². The van der Waals surface area contributed by atoms with Gasteiger partial charge in [0.2, 0.25) is 6.41 Å². The summed E-state index contributed by atoms with van der Waals surface area (Å²) in [6.45, 7) is 1.53. The number of halogens is 1. The number of aromatic nitrogens is 2. The van der Waals surface area contributed by atoms with E-state index in [-0.39, 0.29) is 5.82 Å². The third kappa shape index (κ3) is 1.96. The third-order valence-electron chi connectivity index (χ3n) is 3.53. The Hall–Kier alpha value is -1.91. The van der Waals surface area contributed by atoms with Gasteiger partial charge in [-0.3, -0.25) is 4.79 Å². The van der Waals surface area contributed by atoms with Crippen molar-refractivity contribution in [2.24, 2.45) is 0 Å². The fourth-order valence-corrected chi connectivity index (χ4v) is 2.47. The van der Waals surface area contributed by atoms with E-state index >= 15 is 0 Å². The Labute approximate surface area is 104 Å². The molecule has 1 aromatic heterocycles. The first-order valence-electron chi connectivity index (χ1n) is 6.11. The second-order valence-corrected chi connectivity index (χ2v) is 4.70. The van der Waals surface area contributed by atoms with E-state index in [1.165, 1.54) is 12.1 Å². The molecule has 94 valence electrons. The topological polar surface area (TPSA) is 49.0 Å². The zero-order chi connectivity index (χ0) is 12.5. The van der Waals surface area contributed by atoms with Crippen LogP contribution in [0, 0.1) is 5.82 Å². The molecule has 3 rings (SSSR count). The van der Waals surface area contributed by atoms with Crippen LogP contribution >= 0.6 is 0 Å². The first kappa shape index (κ1) is 11.2. The average Bonchev–Trinajstić information content (AvgIpc) is 2.81. The number of aromatic amines is 1. The molecule has 1 fully saturated rings. The van der Waals surface area contributed by atoms with Crippen LogP contribution in [0.15, 0.2) is 18.2 Å². The lowest BCUT2D eigenvalue weighted by Gasteiger charge is -2.27. The molecule has 1 aliphatic rings. The normalized spacial score (nSPS) is 17.3. The van der Waals surface area contributed by atoms with E-state index in [9.17, 15) is 9.18 Å². The van der Waals surface area contributed by atoms with Gasteiger partial charge >= 0.3 is 0 Å². The maximum Gasteiger partial charge on any atom is 0.209 e. The molecule has 0 radical (unpaired) electrons. The summed E-state index contributed by atoms with van der Waals surface area (Å²) in [7, 11) is 0. The molecule has 0 unspecified atom stereocenters. The van der Waals surface area contributed by atoms with Crippen LogP contribution in [-0.4, -0.2) is 34.4 Å². The van der Waals surface area contributed by atoms with Crippen LogP contribution in [0.4, 0.5) is 4.39 Å². The number of carbonyl (C=O) groups excluding carboxylic acids is 1. The number of rotatable bonds is 2. The van der Waals surface area contributed by atoms with Crippen molar-refractivity contribution in [1.82, 2.24) is 14.9 Å². The van der Waals surface area contributed by atoms with Crippen molar-refractivity contribution < 1.29 is 9.18 Å². The number of imidazole rings is 1. The number of likely N-dealkylation sites (tertiary alicyclic amines) is 1. The molecular formula is C13H14FN3O. The maximum atomic E-state index is 13.1. The predicted octanol–water partition coefficient (Wildman–Crippen LogP) is 2.04. The Morgan fingerprint density at radius 2 is 2.17 bits per heavy atom. The van der Waals surface area contributed by atoms with Gasteiger partial charge in [0.05, 0.1) is 11.0 Å². The van der Waals surface area contributed by atoms with Gasteiger partial charge in [0.15, 0.2) is 0 Å². The standard InChI is InChI=1S/C13H14FN3O/c14-10-1-2-11-12(7-10)16-13(15-11)9-3-5-17(8-18)6-4-9/h1-2,7-9H,3-6H2,(H,15,16). The van der Waals surface area contributed by atoms with Gasteiger partial charge in [0.1, 0.15) is 11.6 Å². The summed E-state index contributed by atoms with van der Waals surface area (Å²) >= 11 is 0. The molecule has 1 aliphatic heterocycles. The molecule has 0 spiro atoms. The van der Waals surface area contributed by atoms with E-state index in [0.29, 0.717) is 5.92 Å². The molecule has 0 bridgehead atoms. The number of nitrogens with one attached hydrogen (secondary N) is 1. The Morgan fingerprint density at radius 3 is 2.89 bits per heavy atom. The Morgan fingerprint density at radius 1 is 1.39 bits per heavy atom. The highest BCUT2D eigenvalue weighted by Crippen LogP contribution is 2.27. The van der Waals surface area contributed by atoms with Crippen molar-refractivity contribution in [3.8, 4) is 0 Å². The molecule has 18 heavy (non-hydrogen) atoms. The molecule has 5 heteroatoms. The van der Waals surface area contributed by atoms with Gasteiger partial charge in [0, 0.05) is 19.0 Å². The number of carbonyl (C=O) groups is 1. The van der Waals surface area contributed by atoms with Crippen molar-refractivity contribution >= 4 is 17.4 Å². The highest BCUT2D eigenvalue weighted by molar-refractivity contribution is 5.75. The monoisotopic (exact) mass is 247 g/mol. The molecule has 1 saturated heterocycles. The number of hydrogen-bond donors (Lipinski definition) is 1. The van der Waals surface area contributed by atoms with Gasteiger partial charge in [0.25, 0.3) is 0 Å². The molecule has 1 amide bonds. The molecule has 2 heterocycles. The van der Waals surface area contributed by atoms with Crippen LogP contribution in [0.25, 0.3) is 11.0 Å². The van der Waals surface area contributed by atoms with Gasteiger partial charge in [-0.1, -0.05) is 0 Å². The Balaban J connectivity index is 1.84. The van der Waals surface area contributed by atoms with Crippen molar-refractivity contribution in [2.45, 2.75) is 18.8 Å². The van der Waals surface area contributed by atoms with Crippen molar-refractivity contribution in [1.29, 1.82) is 0 Å². The molecule has 4 nitrogen and oxygen atoms in total. The summed E-state index contributed by atoms with van der Waals surface area (Å²) in [6, 6.07) is 4.57. The van der Waals surface area contributed by atoms with Crippen molar-refractivity contribution in [3.05, 3.63) is 29.8 Å². The number of hydrogen-bond acceptors (Lipinski definition) is 2. The minimum Gasteiger partial charge on any atom is -0.345 e. The second-order valence-electron chi connectivity index (χ2n) is 4.70. The lowest BCUT2D eigenvalue weighted by Crippen LogP contribution is -2.31. The summed E-state index contributed by atoms with van der Waals surface area (Å²) in [5.74, 6) is 0.978. The number of H-pyrrole nitrogens is 1. The summed E-state index contributed by atoms with van der Waals surface area (Å²) in [5, 5.41) is 0. The summed E-state index contributed by atoms with van der Waals surface area (Å²) in [4.78, 5) is 20.1. The molecule has 0 saturated carbocycles. The molecule has 1 aromatic carbocycles. The summed E-state index contributed by atoms with van der Waals surface area (Å²) in [6.07, 6.45) is 2.70. The second kappa shape index (κ2) is 4.40. The lowest BCUT2D eigenvalue weighted by atomic mass is 9.96. The molecule has 0 atom stereocenters. The molecule has 2 aromatic rings. The quantitative estimate of drug-likeness (QED) is 0.825. The molecular weight excluding hydrogens is 233 g/mol. The maximum absolute atomic E-state index is 13.1. The van der Waals surface area contributed by atoms with Crippen LogP contribution in [0.3, 0.4) is 0 Å². The Bertz CT molecular complexity index is 573. The number of amides is 1. The first-order chi connectivity index (χ1) is 8.76.